The summed E-state index contributed by atoms with van der Waals surface area (Å²) in [5.41, 5.74) is 2.17. The van der Waals surface area contributed by atoms with E-state index in [4.69, 9.17) is 25.7 Å². The van der Waals surface area contributed by atoms with Crippen molar-refractivity contribution in [3.05, 3.63) is 83.5 Å². The zero-order valence-electron chi connectivity index (χ0n) is 18.5. The van der Waals surface area contributed by atoms with Crippen molar-refractivity contribution in [3.8, 4) is 5.75 Å². The van der Waals surface area contributed by atoms with Crippen molar-refractivity contribution < 1.29 is 13.9 Å². The SMILES string of the molecule is O=C(NCCCCCc1nc2ccccc2n1CCCOc1ccccc1Cl)c1ccco1. The molecule has 2 aromatic carbocycles. The third-order valence-electron chi connectivity index (χ3n) is 5.46. The molecule has 0 spiro atoms. The lowest BCUT2D eigenvalue weighted by molar-refractivity contribution is 0.0925. The van der Waals surface area contributed by atoms with Gasteiger partial charge in [0.25, 0.3) is 5.91 Å². The Bertz CT molecular complexity index is 1170. The number of aromatic nitrogens is 2. The van der Waals surface area contributed by atoms with E-state index in [0.29, 0.717) is 29.7 Å². The van der Waals surface area contributed by atoms with Crippen LogP contribution in [0.15, 0.2) is 71.3 Å². The quantitative estimate of drug-likeness (QED) is 0.265. The molecule has 0 radical (unpaired) electrons. The van der Waals surface area contributed by atoms with Gasteiger partial charge in [-0.2, -0.15) is 0 Å². The number of halogens is 1. The predicted molar refractivity (Wildman–Crippen MR) is 130 cm³/mol. The second-order valence-corrected chi connectivity index (χ2v) is 8.25. The number of nitrogens with one attached hydrogen (secondary N) is 1. The minimum absolute atomic E-state index is 0.166. The van der Waals surface area contributed by atoms with Crippen molar-refractivity contribution in [1.29, 1.82) is 0 Å². The molecule has 172 valence electrons. The van der Waals surface area contributed by atoms with E-state index in [1.165, 1.54) is 6.26 Å². The van der Waals surface area contributed by atoms with Gasteiger partial charge in [-0.1, -0.05) is 42.3 Å². The predicted octanol–water partition coefficient (Wildman–Crippen LogP) is 5.89. The summed E-state index contributed by atoms with van der Waals surface area (Å²) >= 11 is 6.17. The lowest BCUT2D eigenvalue weighted by atomic mass is 10.2. The molecule has 0 fully saturated rings. The number of hydrogen-bond acceptors (Lipinski definition) is 4. The van der Waals surface area contributed by atoms with Gasteiger partial charge in [-0.3, -0.25) is 4.79 Å². The number of amides is 1. The molecule has 4 aromatic rings. The summed E-state index contributed by atoms with van der Waals surface area (Å²) in [6.45, 7) is 2.06. The number of carbonyl (C=O) groups is 1. The number of rotatable bonds is 12. The van der Waals surface area contributed by atoms with E-state index in [0.717, 1.165) is 55.5 Å². The number of para-hydroxylation sites is 3. The first-order valence-electron chi connectivity index (χ1n) is 11.4. The highest BCUT2D eigenvalue weighted by Gasteiger charge is 2.11. The Labute approximate surface area is 198 Å². The average Bonchev–Trinajstić information content (AvgIpc) is 3.48. The highest BCUT2D eigenvalue weighted by Crippen LogP contribution is 2.23. The first kappa shape index (κ1) is 22.9. The van der Waals surface area contributed by atoms with Gasteiger partial charge in [-0.15, -0.1) is 0 Å². The third-order valence-corrected chi connectivity index (χ3v) is 5.77. The molecular formula is C26H28ClN3O3. The number of benzene rings is 2. The summed E-state index contributed by atoms with van der Waals surface area (Å²) in [6, 6.07) is 19.2. The van der Waals surface area contributed by atoms with Gasteiger partial charge in [0.05, 0.1) is 28.9 Å². The average molecular weight is 466 g/mol. The van der Waals surface area contributed by atoms with Crippen molar-refractivity contribution in [2.75, 3.05) is 13.2 Å². The molecule has 0 aliphatic rings. The fourth-order valence-corrected chi connectivity index (χ4v) is 4.00. The normalized spacial score (nSPS) is 11.1. The van der Waals surface area contributed by atoms with Crippen molar-refractivity contribution in [1.82, 2.24) is 14.9 Å². The van der Waals surface area contributed by atoms with E-state index in [-0.39, 0.29) is 5.91 Å². The summed E-state index contributed by atoms with van der Waals surface area (Å²) in [5, 5.41) is 3.52. The van der Waals surface area contributed by atoms with Gasteiger partial charge in [0.2, 0.25) is 0 Å². The third kappa shape index (κ3) is 6.17. The zero-order chi connectivity index (χ0) is 22.9. The highest BCUT2D eigenvalue weighted by atomic mass is 35.5. The molecule has 1 N–H and O–H groups in total. The van der Waals surface area contributed by atoms with Crippen molar-refractivity contribution in [2.45, 2.75) is 38.6 Å². The molecule has 33 heavy (non-hydrogen) atoms. The second kappa shape index (κ2) is 11.6. The number of furan rings is 1. The first-order chi connectivity index (χ1) is 16.2. The molecule has 0 aliphatic heterocycles. The summed E-state index contributed by atoms with van der Waals surface area (Å²) in [7, 11) is 0. The van der Waals surface area contributed by atoms with Crippen LogP contribution in [0.3, 0.4) is 0 Å². The maximum Gasteiger partial charge on any atom is 0.286 e. The van der Waals surface area contributed by atoms with Crippen LogP contribution >= 0.6 is 11.6 Å². The van der Waals surface area contributed by atoms with E-state index >= 15 is 0 Å². The Kier molecular flexibility index (Phi) is 8.04. The number of fused-ring (bicyclic) bond motifs is 1. The van der Waals surface area contributed by atoms with E-state index in [9.17, 15) is 4.79 Å². The Morgan fingerprint density at radius 2 is 1.85 bits per heavy atom. The van der Waals surface area contributed by atoms with Gasteiger partial charge in [0.15, 0.2) is 5.76 Å². The fraction of sp³-hybridized carbons (Fsp3) is 0.308. The number of unbranched alkanes of at least 4 members (excludes halogenated alkanes) is 2. The van der Waals surface area contributed by atoms with Crippen LogP contribution in [0.2, 0.25) is 5.02 Å². The summed E-state index contributed by atoms with van der Waals surface area (Å²) < 4.78 is 13.3. The van der Waals surface area contributed by atoms with Gasteiger partial charge >= 0.3 is 0 Å². The molecular weight excluding hydrogens is 438 g/mol. The number of nitrogens with zero attached hydrogens (tertiary/aromatic N) is 2. The number of aryl methyl sites for hydroxylation is 2. The van der Waals surface area contributed by atoms with Crippen LogP contribution in [-0.4, -0.2) is 28.6 Å². The fourth-order valence-electron chi connectivity index (χ4n) is 3.81. The van der Waals surface area contributed by atoms with Crippen LogP contribution in [0.25, 0.3) is 11.0 Å². The van der Waals surface area contributed by atoms with Crippen LogP contribution in [0.5, 0.6) is 5.75 Å². The van der Waals surface area contributed by atoms with Crippen LogP contribution in [0, 0.1) is 0 Å². The monoisotopic (exact) mass is 465 g/mol. The zero-order valence-corrected chi connectivity index (χ0v) is 19.3. The van der Waals surface area contributed by atoms with E-state index in [1.807, 2.05) is 36.4 Å². The molecule has 2 heterocycles. The minimum Gasteiger partial charge on any atom is -0.492 e. The molecule has 4 rings (SSSR count). The van der Waals surface area contributed by atoms with Crippen LogP contribution in [-0.2, 0) is 13.0 Å². The molecule has 1 amide bonds. The topological polar surface area (TPSA) is 69.3 Å². The molecule has 0 unspecified atom stereocenters. The van der Waals surface area contributed by atoms with E-state index < -0.39 is 0 Å². The van der Waals surface area contributed by atoms with Crippen LogP contribution < -0.4 is 10.1 Å². The molecule has 0 saturated carbocycles. The van der Waals surface area contributed by atoms with Crippen molar-refractivity contribution in [2.24, 2.45) is 0 Å². The number of hydrogen-bond donors (Lipinski definition) is 1. The van der Waals surface area contributed by atoms with E-state index in [1.54, 1.807) is 12.1 Å². The van der Waals surface area contributed by atoms with Gasteiger partial charge in [0.1, 0.15) is 11.6 Å². The number of imidazole rings is 1. The lowest BCUT2D eigenvalue weighted by Crippen LogP contribution is -2.23. The van der Waals surface area contributed by atoms with Gasteiger partial charge in [-0.25, -0.2) is 4.98 Å². The second-order valence-electron chi connectivity index (χ2n) is 7.84. The summed E-state index contributed by atoms with van der Waals surface area (Å²) in [4.78, 5) is 16.8. The molecule has 0 bridgehead atoms. The van der Waals surface area contributed by atoms with Crippen LogP contribution in [0.4, 0.5) is 0 Å². The maximum absolute atomic E-state index is 11.9. The Balaban J connectivity index is 1.26. The van der Waals surface area contributed by atoms with Gasteiger partial charge < -0.3 is 19.0 Å². The number of carbonyl (C=O) groups excluding carboxylic acids is 1. The standard InChI is InChI=1S/C26H28ClN3O3/c27-20-10-3-6-13-23(20)32-19-9-17-30-22-12-5-4-11-21(22)29-25(30)15-2-1-7-16-28-26(31)24-14-8-18-33-24/h3-6,8,10-14,18H,1-2,7,9,15-17,19H2,(H,28,31). The Morgan fingerprint density at radius 3 is 2.70 bits per heavy atom. The summed E-state index contributed by atoms with van der Waals surface area (Å²) in [5.74, 6) is 1.99. The van der Waals surface area contributed by atoms with Crippen molar-refractivity contribution in [3.63, 3.8) is 0 Å². The molecule has 0 aliphatic carbocycles. The van der Waals surface area contributed by atoms with Crippen molar-refractivity contribution >= 4 is 28.5 Å². The van der Waals surface area contributed by atoms with E-state index in [2.05, 4.69) is 22.0 Å². The molecule has 7 heteroatoms. The maximum atomic E-state index is 11.9. The van der Waals surface area contributed by atoms with Gasteiger partial charge in [0, 0.05) is 19.5 Å². The highest BCUT2D eigenvalue weighted by molar-refractivity contribution is 6.32. The molecule has 2 aromatic heterocycles. The molecule has 0 atom stereocenters. The Hall–Kier alpha value is -3.25. The lowest BCUT2D eigenvalue weighted by Gasteiger charge is -2.11. The molecule has 6 nitrogen and oxygen atoms in total. The first-order valence-corrected chi connectivity index (χ1v) is 11.7. The summed E-state index contributed by atoms with van der Waals surface area (Å²) in [6.07, 6.45) is 6.19. The number of ether oxygens (including phenoxy) is 1. The van der Waals surface area contributed by atoms with Gasteiger partial charge in [-0.05, 0) is 55.7 Å². The van der Waals surface area contributed by atoms with Crippen LogP contribution in [0.1, 0.15) is 42.1 Å². The largest absolute Gasteiger partial charge is 0.492 e. The Morgan fingerprint density at radius 1 is 1.00 bits per heavy atom. The smallest absolute Gasteiger partial charge is 0.286 e. The minimum atomic E-state index is -0.166. The molecule has 0 saturated heterocycles.